The number of carbonyl (C=O) groups excluding carboxylic acids is 1. The third kappa shape index (κ3) is 3.80. The molecule has 3 rings (SSSR count). The molecule has 8 heteroatoms. The Morgan fingerprint density at radius 3 is 2.54 bits per heavy atom. The molecule has 3 heterocycles. The van der Waals surface area contributed by atoms with Crippen molar-refractivity contribution in [1.82, 2.24) is 9.88 Å². The lowest BCUT2D eigenvalue weighted by Crippen LogP contribution is -2.52. The van der Waals surface area contributed by atoms with Crippen molar-refractivity contribution in [2.45, 2.75) is 31.5 Å². The van der Waals surface area contributed by atoms with E-state index in [0.29, 0.717) is 25.5 Å². The van der Waals surface area contributed by atoms with E-state index in [2.05, 4.69) is 4.98 Å². The molecule has 2 aliphatic rings. The molecule has 0 aliphatic carbocycles. The van der Waals surface area contributed by atoms with Gasteiger partial charge in [-0.2, -0.15) is 13.2 Å². The minimum Gasteiger partial charge on any atom is -0.365 e. The summed E-state index contributed by atoms with van der Waals surface area (Å²) in [6.07, 6.45) is -1.02. The number of hydrogen-bond donors (Lipinski definition) is 0. The Kier molecular flexibility index (Phi) is 4.93. The molecule has 2 saturated heterocycles. The van der Waals surface area contributed by atoms with Gasteiger partial charge in [-0.1, -0.05) is 0 Å². The number of piperidine rings is 1. The third-order valence-corrected chi connectivity index (χ3v) is 4.41. The highest BCUT2D eigenvalue weighted by Gasteiger charge is 2.33. The van der Waals surface area contributed by atoms with Gasteiger partial charge in [0.05, 0.1) is 18.7 Å². The molecule has 0 radical (unpaired) electrons. The van der Waals surface area contributed by atoms with E-state index in [1.54, 1.807) is 4.90 Å². The Labute approximate surface area is 138 Å². The molecule has 1 unspecified atom stereocenters. The van der Waals surface area contributed by atoms with Crippen LogP contribution in [-0.2, 0) is 15.7 Å². The fourth-order valence-electron chi connectivity index (χ4n) is 3.07. The fourth-order valence-corrected chi connectivity index (χ4v) is 3.07. The quantitative estimate of drug-likeness (QED) is 0.827. The lowest BCUT2D eigenvalue weighted by Gasteiger charge is -2.36. The van der Waals surface area contributed by atoms with Crippen molar-refractivity contribution in [1.29, 1.82) is 0 Å². The van der Waals surface area contributed by atoms with Crippen LogP contribution in [0, 0.1) is 0 Å². The molecule has 0 N–H and O–H groups in total. The maximum absolute atomic E-state index is 12.6. The van der Waals surface area contributed by atoms with Crippen LogP contribution < -0.4 is 4.90 Å². The maximum Gasteiger partial charge on any atom is 0.417 e. The number of nitrogens with zero attached hydrogens (tertiary/aromatic N) is 3. The Morgan fingerprint density at radius 1 is 1.17 bits per heavy atom. The maximum atomic E-state index is 12.6. The molecule has 1 amide bonds. The van der Waals surface area contributed by atoms with E-state index in [0.717, 1.165) is 44.6 Å². The number of alkyl halides is 3. The van der Waals surface area contributed by atoms with Crippen molar-refractivity contribution in [2.75, 3.05) is 37.7 Å². The standard InChI is InChI=1S/C16H20F3N3O2/c17-16(18,19)12-4-5-14(20-10-12)22-8-9-24-13(11-22)15(23)21-6-2-1-3-7-21/h4-5,10,13H,1-3,6-9,11H2. The summed E-state index contributed by atoms with van der Waals surface area (Å²) in [7, 11) is 0. The molecule has 24 heavy (non-hydrogen) atoms. The predicted octanol–water partition coefficient (Wildman–Crippen LogP) is 2.32. The summed E-state index contributed by atoms with van der Waals surface area (Å²) in [5.74, 6) is 0.397. The Hall–Kier alpha value is -1.83. The zero-order valence-corrected chi connectivity index (χ0v) is 13.3. The second-order valence-electron chi connectivity index (χ2n) is 6.09. The van der Waals surface area contributed by atoms with E-state index in [1.807, 2.05) is 4.90 Å². The number of ether oxygens (including phenoxy) is 1. The van der Waals surface area contributed by atoms with Crippen molar-refractivity contribution in [3.8, 4) is 0 Å². The summed E-state index contributed by atoms with van der Waals surface area (Å²) in [6.45, 7) is 2.66. The second-order valence-corrected chi connectivity index (χ2v) is 6.09. The van der Waals surface area contributed by atoms with Crippen LogP contribution in [0.5, 0.6) is 0 Å². The van der Waals surface area contributed by atoms with Crippen LogP contribution in [0.15, 0.2) is 18.3 Å². The van der Waals surface area contributed by atoms with Gasteiger partial charge in [0, 0.05) is 25.8 Å². The molecule has 1 aromatic rings. The SMILES string of the molecule is O=C(C1CN(c2ccc(C(F)(F)F)cn2)CCO1)N1CCCCC1. The van der Waals surface area contributed by atoms with Crippen LogP contribution in [0.25, 0.3) is 0 Å². The zero-order chi connectivity index (χ0) is 17.2. The molecule has 1 aromatic heterocycles. The van der Waals surface area contributed by atoms with Crippen molar-refractivity contribution in [2.24, 2.45) is 0 Å². The number of aromatic nitrogens is 1. The van der Waals surface area contributed by atoms with E-state index in [1.165, 1.54) is 6.07 Å². The summed E-state index contributed by atoms with van der Waals surface area (Å²) < 4.78 is 43.4. The summed E-state index contributed by atoms with van der Waals surface area (Å²) >= 11 is 0. The first-order valence-corrected chi connectivity index (χ1v) is 8.14. The van der Waals surface area contributed by atoms with Crippen LogP contribution in [0.1, 0.15) is 24.8 Å². The zero-order valence-electron chi connectivity index (χ0n) is 13.3. The smallest absolute Gasteiger partial charge is 0.365 e. The normalized spacial score (nSPS) is 22.5. The number of hydrogen-bond acceptors (Lipinski definition) is 4. The summed E-state index contributed by atoms with van der Waals surface area (Å²) in [6, 6.07) is 2.36. The van der Waals surface area contributed by atoms with Gasteiger partial charge in [-0.15, -0.1) is 0 Å². The minimum absolute atomic E-state index is 0.0358. The molecule has 0 saturated carbocycles. The molecular weight excluding hydrogens is 323 g/mol. The first kappa shape index (κ1) is 17.0. The number of amides is 1. The number of halogens is 3. The van der Waals surface area contributed by atoms with Gasteiger partial charge in [-0.05, 0) is 31.4 Å². The Balaban J connectivity index is 1.65. The molecule has 2 fully saturated rings. The summed E-state index contributed by atoms with van der Waals surface area (Å²) in [5.41, 5.74) is -0.777. The van der Waals surface area contributed by atoms with E-state index in [9.17, 15) is 18.0 Å². The molecule has 0 aromatic carbocycles. The lowest BCUT2D eigenvalue weighted by atomic mass is 10.1. The van der Waals surface area contributed by atoms with Crippen molar-refractivity contribution in [3.63, 3.8) is 0 Å². The molecule has 1 atom stereocenters. The molecule has 132 valence electrons. The van der Waals surface area contributed by atoms with E-state index < -0.39 is 17.8 Å². The number of morpholine rings is 1. The van der Waals surface area contributed by atoms with Gasteiger partial charge in [0.15, 0.2) is 6.10 Å². The van der Waals surface area contributed by atoms with Crippen LogP contribution in [0.3, 0.4) is 0 Å². The number of pyridine rings is 1. The Morgan fingerprint density at radius 2 is 1.92 bits per heavy atom. The van der Waals surface area contributed by atoms with Crippen molar-refractivity contribution >= 4 is 11.7 Å². The predicted molar refractivity (Wildman–Crippen MR) is 81.6 cm³/mol. The van der Waals surface area contributed by atoms with Crippen LogP contribution in [0.4, 0.5) is 19.0 Å². The van der Waals surface area contributed by atoms with Gasteiger partial charge in [0.2, 0.25) is 0 Å². The molecule has 0 bridgehead atoms. The lowest BCUT2D eigenvalue weighted by molar-refractivity contribution is -0.145. The molecule has 5 nitrogen and oxygen atoms in total. The van der Waals surface area contributed by atoms with Crippen molar-refractivity contribution < 1.29 is 22.7 Å². The summed E-state index contributed by atoms with van der Waals surface area (Å²) in [4.78, 5) is 20.0. The highest BCUT2D eigenvalue weighted by molar-refractivity contribution is 5.82. The van der Waals surface area contributed by atoms with Crippen LogP contribution >= 0.6 is 0 Å². The van der Waals surface area contributed by atoms with Gasteiger partial charge in [-0.3, -0.25) is 4.79 Å². The number of carbonyl (C=O) groups is 1. The van der Waals surface area contributed by atoms with E-state index in [4.69, 9.17) is 4.74 Å². The molecule has 2 aliphatic heterocycles. The number of likely N-dealkylation sites (tertiary alicyclic amines) is 1. The highest BCUT2D eigenvalue weighted by Crippen LogP contribution is 2.29. The average molecular weight is 343 g/mol. The number of rotatable bonds is 2. The minimum atomic E-state index is -4.40. The number of anilines is 1. The fraction of sp³-hybridized carbons (Fsp3) is 0.625. The van der Waals surface area contributed by atoms with Gasteiger partial charge in [0.1, 0.15) is 5.82 Å². The van der Waals surface area contributed by atoms with Gasteiger partial charge >= 0.3 is 6.18 Å². The topological polar surface area (TPSA) is 45.7 Å². The van der Waals surface area contributed by atoms with Gasteiger partial charge in [-0.25, -0.2) is 4.98 Å². The van der Waals surface area contributed by atoms with Crippen LogP contribution in [-0.4, -0.2) is 54.7 Å². The highest BCUT2D eigenvalue weighted by atomic mass is 19.4. The van der Waals surface area contributed by atoms with E-state index >= 15 is 0 Å². The van der Waals surface area contributed by atoms with Gasteiger partial charge in [0.25, 0.3) is 5.91 Å². The third-order valence-electron chi connectivity index (χ3n) is 4.41. The van der Waals surface area contributed by atoms with Crippen molar-refractivity contribution in [3.05, 3.63) is 23.9 Å². The first-order chi connectivity index (χ1) is 11.4. The average Bonchev–Trinajstić information content (AvgIpc) is 2.61. The Bertz CT molecular complexity index is 571. The van der Waals surface area contributed by atoms with Crippen LogP contribution in [0.2, 0.25) is 0 Å². The second kappa shape index (κ2) is 6.96. The summed E-state index contributed by atoms with van der Waals surface area (Å²) in [5, 5.41) is 0. The van der Waals surface area contributed by atoms with Gasteiger partial charge < -0.3 is 14.5 Å². The first-order valence-electron chi connectivity index (χ1n) is 8.14. The molecule has 0 spiro atoms. The van der Waals surface area contributed by atoms with E-state index in [-0.39, 0.29) is 5.91 Å². The molecular formula is C16H20F3N3O2. The monoisotopic (exact) mass is 343 g/mol. The largest absolute Gasteiger partial charge is 0.417 e.